The van der Waals surface area contributed by atoms with Gasteiger partial charge in [0, 0.05) is 19.4 Å². The van der Waals surface area contributed by atoms with E-state index in [1.165, 1.54) is 6.20 Å². The van der Waals surface area contributed by atoms with Crippen molar-refractivity contribution >= 4 is 5.82 Å². The second kappa shape index (κ2) is 5.17. The highest BCUT2D eigenvalue weighted by molar-refractivity contribution is 5.56. The van der Waals surface area contributed by atoms with Gasteiger partial charge < -0.3 is 15.2 Å². The molecule has 0 spiro atoms. The Hall–Kier alpha value is -1.80. The second-order valence-corrected chi connectivity index (χ2v) is 3.06. The lowest BCUT2D eigenvalue weighted by Crippen LogP contribution is -2.18. The summed E-state index contributed by atoms with van der Waals surface area (Å²) in [6.07, 6.45) is 1.37. The van der Waals surface area contributed by atoms with Crippen LogP contribution in [0.3, 0.4) is 0 Å². The number of aromatic nitrogens is 1. The number of nitrogen functional groups attached to an aromatic ring is 1. The molecule has 0 amide bonds. The maximum atomic E-state index is 8.86. The summed E-state index contributed by atoms with van der Waals surface area (Å²) in [4.78, 5) is 3.81. The Kier molecular flexibility index (Phi) is 3.89. The van der Waals surface area contributed by atoms with E-state index in [1.807, 2.05) is 13.0 Å². The highest BCUT2D eigenvalue weighted by atomic mass is 16.5. The molecule has 0 aliphatic heterocycles. The maximum absolute atomic E-state index is 8.86. The quantitative estimate of drug-likeness (QED) is 0.794. The highest BCUT2D eigenvalue weighted by Gasteiger charge is 2.11. The van der Waals surface area contributed by atoms with E-state index in [1.54, 1.807) is 13.2 Å². The van der Waals surface area contributed by atoms with Crippen LogP contribution < -0.4 is 10.5 Å². The van der Waals surface area contributed by atoms with Crippen LogP contribution in [0, 0.1) is 11.3 Å². The molecule has 2 N–H and O–H groups in total. The van der Waals surface area contributed by atoms with E-state index >= 15 is 0 Å². The van der Waals surface area contributed by atoms with Crippen LogP contribution >= 0.6 is 0 Å². The molecule has 0 bridgehead atoms. The highest BCUT2D eigenvalue weighted by Crippen LogP contribution is 2.22. The van der Waals surface area contributed by atoms with E-state index in [0.29, 0.717) is 12.4 Å². The lowest BCUT2D eigenvalue weighted by atomic mass is 10.2. The lowest BCUT2D eigenvalue weighted by molar-refractivity contribution is 0.0919. The molecule has 0 saturated heterocycles. The maximum Gasteiger partial charge on any atom is 0.145 e. The van der Waals surface area contributed by atoms with Crippen LogP contribution in [-0.2, 0) is 4.74 Å². The minimum Gasteiger partial charge on any atom is -0.487 e. The van der Waals surface area contributed by atoms with Crippen LogP contribution in [0.4, 0.5) is 5.82 Å². The molecule has 0 fully saturated rings. The van der Waals surface area contributed by atoms with Gasteiger partial charge in [0.15, 0.2) is 0 Å². The van der Waals surface area contributed by atoms with Crippen molar-refractivity contribution in [3.8, 4) is 11.8 Å². The standard InChI is InChI=1S/C10H13N3O2/c1-7(6-14-2)15-9-3-4-13-10(12)8(9)5-11/h3-4,7H,6H2,1-2H3,(H2,12,13). The number of ether oxygens (including phenoxy) is 2. The van der Waals surface area contributed by atoms with Crippen molar-refractivity contribution in [1.82, 2.24) is 4.98 Å². The molecule has 15 heavy (non-hydrogen) atoms. The van der Waals surface area contributed by atoms with Gasteiger partial charge in [-0.15, -0.1) is 0 Å². The van der Waals surface area contributed by atoms with Gasteiger partial charge in [0.1, 0.15) is 29.3 Å². The summed E-state index contributed by atoms with van der Waals surface area (Å²) in [5.74, 6) is 0.620. The molecule has 5 nitrogen and oxygen atoms in total. The van der Waals surface area contributed by atoms with Crippen LogP contribution in [0.1, 0.15) is 12.5 Å². The average Bonchev–Trinajstić information content (AvgIpc) is 2.18. The van der Waals surface area contributed by atoms with Gasteiger partial charge in [0.05, 0.1) is 6.61 Å². The SMILES string of the molecule is COCC(C)Oc1ccnc(N)c1C#N. The Bertz CT molecular complexity index is 373. The van der Waals surface area contributed by atoms with E-state index < -0.39 is 0 Å². The number of nitrogens with zero attached hydrogens (tertiary/aromatic N) is 2. The first-order chi connectivity index (χ1) is 7.19. The predicted octanol–water partition coefficient (Wildman–Crippen LogP) is 0.949. The molecule has 0 radical (unpaired) electrons. The van der Waals surface area contributed by atoms with Crippen molar-refractivity contribution in [3.05, 3.63) is 17.8 Å². The van der Waals surface area contributed by atoms with E-state index in [4.69, 9.17) is 20.5 Å². The molecule has 1 aromatic rings. The lowest BCUT2D eigenvalue weighted by Gasteiger charge is -2.14. The van der Waals surface area contributed by atoms with Gasteiger partial charge in [-0.25, -0.2) is 4.98 Å². The van der Waals surface area contributed by atoms with Crippen LogP contribution in [0.5, 0.6) is 5.75 Å². The number of pyridine rings is 1. The van der Waals surface area contributed by atoms with Crippen molar-refractivity contribution in [3.63, 3.8) is 0 Å². The third-order valence-electron chi connectivity index (χ3n) is 1.78. The molecule has 0 aromatic carbocycles. The smallest absolute Gasteiger partial charge is 0.145 e. The fraction of sp³-hybridized carbons (Fsp3) is 0.400. The van der Waals surface area contributed by atoms with E-state index in [0.717, 1.165) is 0 Å². The fourth-order valence-corrected chi connectivity index (χ4v) is 1.16. The fourth-order valence-electron chi connectivity index (χ4n) is 1.16. The third-order valence-corrected chi connectivity index (χ3v) is 1.78. The number of hydrogen-bond donors (Lipinski definition) is 1. The summed E-state index contributed by atoms with van der Waals surface area (Å²) in [6, 6.07) is 3.57. The second-order valence-electron chi connectivity index (χ2n) is 3.06. The van der Waals surface area contributed by atoms with Crippen molar-refractivity contribution < 1.29 is 9.47 Å². The van der Waals surface area contributed by atoms with E-state index in [2.05, 4.69) is 4.98 Å². The number of hydrogen-bond acceptors (Lipinski definition) is 5. The summed E-state index contributed by atoms with van der Waals surface area (Å²) < 4.78 is 10.4. The molecule has 0 aliphatic rings. The molecule has 5 heteroatoms. The number of anilines is 1. The van der Waals surface area contributed by atoms with Crippen molar-refractivity contribution in [2.45, 2.75) is 13.0 Å². The van der Waals surface area contributed by atoms with Crippen LogP contribution in [0.2, 0.25) is 0 Å². The summed E-state index contributed by atoms with van der Waals surface area (Å²) in [6.45, 7) is 2.30. The number of nitriles is 1. The zero-order chi connectivity index (χ0) is 11.3. The number of nitrogens with two attached hydrogens (primary N) is 1. The van der Waals surface area contributed by atoms with Crippen molar-refractivity contribution in [2.75, 3.05) is 19.5 Å². The topological polar surface area (TPSA) is 81.2 Å². The summed E-state index contributed by atoms with van der Waals surface area (Å²) in [5.41, 5.74) is 5.80. The Morgan fingerprint density at radius 3 is 3.00 bits per heavy atom. The molecule has 80 valence electrons. The van der Waals surface area contributed by atoms with Gasteiger partial charge in [-0.3, -0.25) is 0 Å². The van der Waals surface area contributed by atoms with Gasteiger partial charge >= 0.3 is 0 Å². The molecule has 1 atom stereocenters. The van der Waals surface area contributed by atoms with Gasteiger partial charge in [-0.1, -0.05) is 0 Å². The molecular weight excluding hydrogens is 194 g/mol. The minimum absolute atomic E-state index is 0.135. The van der Waals surface area contributed by atoms with Crippen LogP contribution in [0.15, 0.2) is 12.3 Å². The van der Waals surface area contributed by atoms with Crippen LogP contribution in [0.25, 0.3) is 0 Å². The van der Waals surface area contributed by atoms with E-state index in [9.17, 15) is 0 Å². The first kappa shape index (κ1) is 11.3. The summed E-state index contributed by atoms with van der Waals surface area (Å²) in [7, 11) is 1.59. The summed E-state index contributed by atoms with van der Waals surface area (Å²) >= 11 is 0. The predicted molar refractivity (Wildman–Crippen MR) is 55.3 cm³/mol. The summed E-state index contributed by atoms with van der Waals surface area (Å²) in [5, 5.41) is 8.86. The van der Waals surface area contributed by atoms with Gasteiger partial charge in [0.2, 0.25) is 0 Å². The number of rotatable bonds is 4. The molecule has 0 aliphatic carbocycles. The van der Waals surface area contributed by atoms with Gasteiger partial charge in [-0.2, -0.15) is 5.26 Å². The average molecular weight is 207 g/mol. The van der Waals surface area contributed by atoms with Crippen molar-refractivity contribution in [2.24, 2.45) is 0 Å². The van der Waals surface area contributed by atoms with E-state index in [-0.39, 0.29) is 17.5 Å². The third kappa shape index (κ3) is 2.82. The zero-order valence-corrected chi connectivity index (χ0v) is 8.73. The molecule has 0 saturated carbocycles. The molecular formula is C10H13N3O2. The van der Waals surface area contributed by atoms with Gasteiger partial charge in [-0.05, 0) is 6.92 Å². The zero-order valence-electron chi connectivity index (χ0n) is 8.73. The molecule has 1 heterocycles. The Morgan fingerprint density at radius 1 is 1.67 bits per heavy atom. The van der Waals surface area contributed by atoms with Gasteiger partial charge in [0.25, 0.3) is 0 Å². The Balaban J connectivity index is 2.86. The first-order valence-corrected chi connectivity index (χ1v) is 4.49. The molecule has 1 aromatic heterocycles. The Morgan fingerprint density at radius 2 is 2.40 bits per heavy atom. The molecule has 1 rings (SSSR count). The Labute approximate surface area is 88.4 Å². The van der Waals surface area contributed by atoms with Crippen molar-refractivity contribution in [1.29, 1.82) is 5.26 Å². The largest absolute Gasteiger partial charge is 0.487 e. The normalized spacial score (nSPS) is 11.8. The number of methoxy groups -OCH3 is 1. The molecule has 1 unspecified atom stereocenters. The monoisotopic (exact) mass is 207 g/mol. The minimum atomic E-state index is -0.135. The first-order valence-electron chi connectivity index (χ1n) is 4.49. The van der Waals surface area contributed by atoms with Crippen LogP contribution in [-0.4, -0.2) is 24.8 Å².